The minimum atomic E-state index is -0.280. The first-order valence-corrected chi connectivity index (χ1v) is 7.66. The molecule has 1 aromatic carbocycles. The Balaban J connectivity index is 2.41. The van der Waals surface area contributed by atoms with Crippen molar-refractivity contribution in [1.82, 2.24) is 0 Å². The summed E-state index contributed by atoms with van der Waals surface area (Å²) in [6.07, 6.45) is 4.23. The van der Waals surface area contributed by atoms with Gasteiger partial charge in [-0.1, -0.05) is 0 Å². The van der Waals surface area contributed by atoms with Crippen molar-refractivity contribution in [2.24, 2.45) is 0 Å². The molecule has 0 nitrogen and oxygen atoms in total. The summed E-state index contributed by atoms with van der Waals surface area (Å²) >= 11 is -0.280. The van der Waals surface area contributed by atoms with Crippen molar-refractivity contribution in [1.29, 1.82) is 0 Å². The first-order valence-electron chi connectivity index (χ1n) is 3.99. The molecule has 0 atom stereocenters. The van der Waals surface area contributed by atoms with E-state index in [1.165, 1.54) is 10.0 Å². The Morgan fingerprint density at radius 3 is 2.67 bits per heavy atom. The summed E-state index contributed by atoms with van der Waals surface area (Å²) < 4.78 is 3.58. The van der Waals surface area contributed by atoms with Crippen molar-refractivity contribution in [3.8, 4) is 0 Å². The number of hydrogen-bond acceptors (Lipinski definition) is 0. The van der Waals surface area contributed by atoms with Gasteiger partial charge in [-0.2, -0.15) is 0 Å². The number of rotatable bonds is 4. The van der Waals surface area contributed by atoms with Crippen LogP contribution in [-0.4, -0.2) is 21.1 Å². The quantitative estimate of drug-likeness (QED) is 0.445. The minimum absolute atomic E-state index is 0.280. The van der Waals surface area contributed by atoms with Crippen molar-refractivity contribution in [2.45, 2.75) is 4.44 Å². The van der Waals surface area contributed by atoms with Gasteiger partial charge < -0.3 is 0 Å². The zero-order valence-electron chi connectivity index (χ0n) is 7.03. The van der Waals surface area contributed by atoms with Crippen LogP contribution in [0, 0.1) is 0 Å². The third-order valence-corrected chi connectivity index (χ3v) is 4.10. The molecule has 1 rings (SSSR count). The van der Waals surface area contributed by atoms with Crippen LogP contribution in [-0.2, 0) is 0 Å². The van der Waals surface area contributed by atoms with E-state index >= 15 is 0 Å². The summed E-state index contributed by atoms with van der Waals surface area (Å²) in [5.74, 6) is 0. The second-order valence-corrected chi connectivity index (χ2v) is 5.72. The molecule has 0 aliphatic heterocycles. The summed E-state index contributed by atoms with van der Waals surface area (Å²) in [4.78, 5) is 0. The molecule has 0 heterocycles. The van der Waals surface area contributed by atoms with E-state index in [-0.39, 0.29) is 21.1 Å². The first-order chi connectivity index (χ1) is 5.93. The van der Waals surface area contributed by atoms with Gasteiger partial charge >= 0.3 is 84.3 Å². The van der Waals surface area contributed by atoms with Crippen LogP contribution in [0.2, 0.25) is 4.44 Å². The van der Waals surface area contributed by atoms with Crippen molar-refractivity contribution in [3.05, 3.63) is 52.6 Å². The van der Waals surface area contributed by atoms with Crippen LogP contribution in [0.15, 0.2) is 47.1 Å². The van der Waals surface area contributed by atoms with E-state index in [1.54, 1.807) is 0 Å². The van der Waals surface area contributed by atoms with Crippen molar-refractivity contribution < 1.29 is 0 Å². The van der Waals surface area contributed by atoms with Gasteiger partial charge in [-0.25, -0.2) is 0 Å². The molecule has 0 aliphatic carbocycles. The Morgan fingerprint density at radius 2 is 2.00 bits per heavy atom. The summed E-state index contributed by atoms with van der Waals surface area (Å²) in [6.45, 7) is 3.71. The van der Waals surface area contributed by atoms with Crippen LogP contribution in [0.1, 0.15) is 5.56 Å². The Labute approximate surface area is 84.2 Å². The molecule has 0 spiro atoms. The van der Waals surface area contributed by atoms with Gasteiger partial charge in [-0.3, -0.25) is 0 Å². The molecule has 0 saturated heterocycles. The molecule has 0 saturated carbocycles. The Morgan fingerprint density at radius 1 is 1.25 bits per heavy atom. The normalized spacial score (nSPS) is 10.3. The summed E-state index contributed by atoms with van der Waals surface area (Å²) in [6, 6.07) is 10.4. The van der Waals surface area contributed by atoms with E-state index in [9.17, 15) is 0 Å². The fourth-order valence-corrected chi connectivity index (χ4v) is 2.62. The number of benzene rings is 1. The summed E-state index contributed by atoms with van der Waals surface area (Å²) in [5, 5.41) is 0. The monoisotopic (exact) mass is 264 g/mol. The predicted molar refractivity (Wildman–Crippen MR) is 56.2 cm³/mol. The van der Waals surface area contributed by atoms with Gasteiger partial charge in [0.15, 0.2) is 0 Å². The third kappa shape index (κ3) is 3.77. The average Bonchev–Trinajstić information content (AvgIpc) is 2.14. The number of allylic oxidation sites excluding steroid dienone is 1. The van der Waals surface area contributed by atoms with Crippen molar-refractivity contribution in [2.75, 3.05) is 0 Å². The van der Waals surface area contributed by atoms with Crippen LogP contribution in [0.3, 0.4) is 0 Å². The Hall–Kier alpha value is -0.501. The Bertz CT molecular complexity index is 249. The van der Waals surface area contributed by atoms with E-state index < -0.39 is 0 Å². The number of hydrogen-bond donors (Lipinski definition) is 0. The average molecular weight is 263 g/mol. The van der Waals surface area contributed by atoms with Crippen LogP contribution < -0.4 is 0 Å². The second kappa shape index (κ2) is 6.06. The van der Waals surface area contributed by atoms with Crippen LogP contribution >= 0.6 is 0 Å². The van der Waals surface area contributed by atoms with Gasteiger partial charge in [-0.05, 0) is 0 Å². The molecule has 0 unspecified atom stereocenters. The molecule has 0 aliphatic rings. The topological polar surface area (TPSA) is 0 Å². The van der Waals surface area contributed by atoms with E-state index in [4.69, 9.17) is 0 Å². The predicted octanol–water partition coefficient (Wildman–Crippen LogP) is 2.97. The van der Waals surface area contributed by atoms with Gasteiger partial charge in [0.05, 0.1) is 0 Å². The van der Waals surface area contributed by atoms with Crippen molar-refractivity contribution in [3.63, 3.8) is 0 Å². The van der Waals surface area contributed by atoms with Crippen LogP contribution in [0.5, 0.6) is 0 Å². The van der Waals surface area contributed by atoms with E-state index in [2.05, 4.69) is 41.0 Å². The van der Waals surface area contributed by atoms with Crippen LogP contribution in [0.25, 0.3) is 6.08 Å². The standard InChI is InChI=1S/C8H7.C3H5.Sn/c1-2-8-6-4-3-5-7-8;1-3-2;/h1-7H;3H,1-2H2;. The van der Waals surface area contributed by atoms with Gasteiger partial charge in [0.25, 0.3) is 0 Å². The first kappa shape index (κ1) is 9.59. The zero-order valence-corrected chi connectivity index (χ0v) is 9.89. The van der Waals surface area contributed by atoms with Crippen molar-refractivity contribution >= 4 is 27.2 Å². The zero-order chi connectivity index (χ0) is 8.65. The summed E-state index contributed by atoms with van der Waals surface area (Å²) in [5.41, 5.74) is 1.31. The molecule has 1 heteroatoms. The maximum absolute atomic E-state index is 3.71. The molecule has 0 bridgehead atoms. The van der Waals surface area contributed by atoms with E-state index in [0.717, 1.165) is 0 Å². The van der Waals surface area contributed by atoms with Gasteiger partial charge in [0, 0.05) is 0 Å². The maximum atomic E-state index is 3.71. The van der Waals surface area contributed by atoms with E-state index in [1.807, 2.05) is 12.1 Å². The SMILES string of the molecule is C=C[CH2][Sn][CH]=Cc1ccccc1. The molecule has 0 N–H and O–H groups in total. The molecule has 0 aromatic heterocycles. The van der Waals surface area contributed by atoms with Gasteiger partial charge in [-0.15, -0.1) is 0 Å². The van der Waals surface area contributed by atoms with Gasteiger partial charge in [0.1, 0.15) is 0 Å². The molecular weight excluding hydrogens is 251 g/mol. The third-order valence-electron chi connectivity index (χ3n) is 1.46. The molecule has 12 heavy (non-hydrogen) atoms. The molecule has 60 valence electrons. The molecule has 1 aromatic rings. The molecular formula is C11H12Sn. The van der Waals surface area contributed by atoms with Gasteiger partial charge in [0.2, 0.25) is 0 Å². The Kier molecular flexibility index (Phi) is 4.84. The molecule has 2 radical (unpaired) electrons. The fraction of sp³-hybridized carbons (Fsp3) is 0.0909. The second-order valence-electron chi connectivity index (χ2n) is 2.44. The fourth-order valence-electron chi connectivity index (χ4n) is 0.871. The molecule has 0 fully saturated rings. The van der Waals surface area contributed by atoms with Crippen LogP contribution in [0.4, 0.5) is 0 Å². The summed E-state index contributed by atoms with van der Waals surface area (Å²) in [7, 11) is 0. The van der Waals surface area contributed by atoms with E-state index in [0.29, 0.717) is 0 Å². The molecule has 0 amide bonds.